The monoisotopic (exact) mass is 494 g/mol. The third-order valence-corrected chi connectivity index (χ3v) is 8.90. The number of benzene rings is 2. The van der Waals surface area contributed by atoms with E-state index < -0.39 is 0 Å². The van der Waals surface area contributed by atoms with Gasteiger partial charge in [0.25, 0.3) is 0 Å². The van der Waals surface area contributed by atoms with Gasteiger partial charge in [-0.25, -0.2) is 14.4 Å². The van der Waals surface area contributed by atoms with E-state index in [9.17, 15) is 4.39 Å². The molecule has 2 N–H and O–H groups in total. The molecule has 4 aromatic rings. The molecule has 2 aromatic heterocycles. The van der Waals surface area contributed by atoms with E-state index in [1.54, 1.807) is 16.9 Å². The van der Waals surface area contributed by atoms with E-state index >= 15 is 0 Å². The molecule has 3 atom stereocenters. The molecule has 6 rings (SSSR count). The van der Waals surface area contributed by atoms with Gasteiger partial charge in [-0.3, -0.25) is 4.68 Å². The van der Waals surface area contributed by atoms with Gasteiger partial charge in [-0.15, -0.1) is 0 Å². The maximum atomic E-state index is 14.6. The highest BCUT2D eigenvalue weighted by Crippen LogP contribution is 2.63. The first kappa shape index (κ1) is 21.8. The van der Waals surface area contributed by atoms with Gasteiger partial charge < -0.3 is 10.6 Å². The Balaban J connectivity index is 1.19. The first-order chi connectivity index (χ1) is 16.5. The number of rotatable bonds is 5. The molecule has 174 valence electrons. The Hall–Kier alpha value is -2.68. The van der Waals surface area contributed by atoms with Crippen LogP contribution in [-0.4, -0.2) is 39.4 Å². The Morgan fingerprint density at radius 2 is 2.03 bits per heavy atom. The molecule has 0 radical (unpaired) electrons. The standard InChI is InChI=1S/C25H24ClFN6S/c1-32-12-15-20(31-32)6-7-21(24(15)26)34-23-11-29-22(10-30-23)33-9-8-16-18(13-33)25(16,14-28)17-4-2-3-5-19(17)27/h2-7,10-12,16,18H,8-9,13-14,28H2,1H3/t16-,18+,25-/m1/s1. The van der Waals surface area contributed by atoms with Crippen molar-refractivity contribution in [2.75, 3.05) is 24.5 Å². The van der Waals surface area contributed by atoms with E-state index in [-0.39, 0.29) is 11.2 Å². The van der Waals surface area contributed by atoms with Crippen molar-refractivity contribution in [3.05, 3.63) is 71.4 Å². The van der Waals surface area contributed by atoms with E-state index in [0.29, 0.717) is 23.4 Å². The number of halogens is 2. The van der Waals surface area contributed by atoms with Crippen LogP contribution < -0.4 is 10.6 Å². The Labute approximate surface area is 206 Å². The van der Waals surface area contributed by atoms with Crippen LogP contribution in [0.5, 0.6) is 0 Å². The fraction of sp³-hybridized carbons (Fsp3) is 0.320. The van der Waals surface area contributed by atoms with Gasteiger partial charge >= 0.3 is 0 Å². The number of hydrogen-bond acceptors (Lipinski definition) is 6. The number of anilines is 1. The van der Waals surface area contributed by atoms with Crippen LogP contribution >= 0.6 is 23.4 Å². The zero-order valence-electron chi connectivity index (χ0n) is 18.7. The Bertz CT molecular complexity index is 1380. The molecule has 0 bridgehead atoms. The molecular formula is C25H24ClFN6S. The van der Waals surface area contributed by atoms with Crippen molar-refractivity contribution in [1.82, 2.24) is 19.7 Å². The van der Waals surface area contributed by atoms with Crippen molar-refractivity contribution in [2.45, 2.75) is 21.8 Å². The second kappa shape index (κ2) is 8.22. The number of nitrogens with zero attached hydrogens (tertiary/aromatic N) is 5. The largest absolute Gasteiger partial charge is 0.355 e. The Morgan fingerprint density at radius 1 is 1.18 bits per heavy atom. The smallest absolute Gasteiger partial charge is 0.147 e. The van der Waals surface area contributed by atoms with Crippen molar-refractivity contribution in [1.29, 1.82) is 0 Å². The Morgan fingerprint density at radius 3 is 2.79 bits per heavy atom. The van der Waals surface area contributed by atoms with Gasteiger partial charge in [0.15, 0.2) is 0 Å². The number of aryl methyl sites for hydroxylation is 1. The zero-order valence-corrected chi connectivity index (χ0v) is 20.2. The summed E-state index contributed by atoms with van der Waals surface area (Å²) in [6.07, 6.45) is 6.49. The van der Waals surface area contributed by atoms with Crippen LogP contribution in [0.3, 0.4) is 0 Å². The molecule has 34 heavy (non-hydrogen) atoms. The molecule has 2 aromatic carbocycles. The minimum absolute atomic E-state index is 0.154. The maximum Gasteiger partial charge on any atom is 0.147 e. The van der Waals surface area contributed by atoms with Crippen LogP contribution in [0.4, 0.5) is 10.2 Å². The average Bonchev–Trinajstić information content (AvgIpc) is 3.34. The number of piperidine rings is 1. The van der Waals surface area contributed by atoms with E-state index in [0.717, 1.165) is 51.7 Å². The second-order valence-electron chi connectivity index (χ2n) is 9.10. The molecule has 1 aliphatic heterocycles. The lowest BCUT2D eigenvalue weighted by Gasteiger charge is -2.27. The highest BCUT2D eigenvalue weighted by molar-refractivity contribution is 7.99. The van der Waals surface area contributed by atoms with Gasteiger partial charge in [0.05, 0.1) is 22.9 Å². The second-order valence-corrected chi connectivity index (χ2v) is 10.5. The summed E-state index contributed by atoms with van der Waals surface area (Å²) in [4.78, 5) is 12.5. The average molecular weight is 495 g/mol. The highest BCUT2D eigenvalue weighted by atomic mass is 35.5. The molecular weight excluding hydrogens is 471 g/mol. The lowest BCUT2D eigenvalue weighted by atomic mass is 9.91. The quantitative estimate of drug-likeness (QED) is 0.435. The number of aromatic nitrogens is 4. The maximum absolute atomic E-state index is 14.6. The lowest BCUT2D eigenvalue weighted by molar-refractivity contribution is 0.533. The molecule has 2 aliphatic rings. The van der Waals surface area contributed by atoms with E-state index in [2.05, 4.69) is 20.0 Å². The van der Waals surface area contributed by atoms with Crippen LogP contribution in [0.25, 0.3) is 10.9 Å². The number of hydrogen-bond donors (Lipinski definition) is 1. The first-order valence-electron chi connectivity index (χ1n) is 11.3. The molecule has 1 saturated carbocycles. The van der Waals surface area contributed by atoms with Crippen molar-refractivity contribution < 1.29 is 4.39 Å². The zero-order chi connectivity index (χ0) is 23.4. The topological polar surface area (TPSA) is 72.9 Å². The summed E-state index contributed by atoms with van der Waals surface area (Å²) < 4.78 is 16.4. The van der Waals surface area contributed by atoms with Crippen LogP contribution in [0.2, 0.25) is 5.02 Å². The minimum Gasteiger partial charge on any atom is -0.355 e. The van der Waals surface area contributed by atoms with Gasteiger partial charge in [0.2, 0.25) is 0 Å². The summed E-state index contributed by atoms with van der Waals surface area (Å²) in [5, 5.41) is 6.76. The predicted octanol–water partition coefficient (Wildman–Crippen LogP) is 4.66. The molecule has 1 aliphatic carbocycles. The molecule has 3 heterocycles. The van der Waals surface area contributed by atoms with Crippen LogP contribution in [0.15, 0.2) is 64.9 Å². The SMILES string of the molecule is Cn1cc2c(Cl)c(Sc3cnc(N4CC[C@@H]5[C@H](C4)[C@@]5(CN)c4ccccc4F)cn3)ccc2n1. The van der Waals surface area contributed by atoms with Gasteiger partial charge in [0, 0.05) is 48.6 Å². The minimum atomic E-state index is -0.273. The fourth-order valence-electron chi connectivity index (χ4n) is 5.71. The summed E-state index contributed by atoms with van der Waals surface area (Å²) in [6.45, 7) is 2.13. The molecule has 6 nitrogen and oxygen atoms in total. The fourth-order valence-corrected chi connectivity index (χ4v) is 6.81. The summed E-state index contributed by atoms with van der Waals surface area (Å²) in [5.74, 6) is 1.42. The van der Waals surface area contributed by atoms with E-state index in [1.807, 2.05) is 43.7 Å². The molecule has 1 saturated heterocycles. The summed E-state index contributed by atoms with van der Waals surface area (Å²) in [5.41, 5.74) is 7.58. The number of fused-ring (bicyclic) bond motifs is 2. The lowest BCUT2D eigenvalue weighted by Crippen LogP contribution is -2.32. The Kier molecular flexibility index (Phi) is 5.28. The third kappa shape index (κ3) is 3.39. The summed E-state index contributed by atoms with van der Waals surface area (Å²) >= 11 is 8.10. The summed E-state index contributed by atoms with van der Waals surface area (Å²) in [6, 6.07) is 11.0. The summed E-state index contributed by atoms with van der Waals surface area (Å²) in [7, 11) is 1.88. The molecule has 0 amide bonds. The van der Waals surface area contributed by atoms with Crippen molar-refractivity contribution in [2.24, 2.45) is 24.6 Å². The first-order valence-corrected chi connectivity index (χ1v) is 12.5. The van der Waals surface area contributed by atoms with Crippen LogP contribution in [0.1, 0.15) is 12.0 Å². The van der Waals surface area contributed by atoms with Gasteiger partial charge in [-0.2, -0.15) is 5.10 Å². The van der Waals surface area contributed by atoms with E-state index in [4.69, 9.17) is 17.3 Å². The number of nitrogens with two attached hydrogens (primary N) is 1. The molecule has 9 heteroatoms. The van der Waals surface area contributed by atoms with Crippen LogP contribution in [0, 0.1) is 17.7 Å². The molecule has 0 unspecified atom stereocenters. The van der Waals surface area contributed by atoms with Gasteiger partial charge in [0.1, 0.15) is 16.7 Å². The van der Waals surface area contributed by atoms with Gasteiger partial charge in [-0.1, -0.05) is 41.6 Å². The van der Waals surface area contributed by atoms with Crippen LogP contribution in [-0.2, 0) is 12.5 Å². The van der Waals surface area contributed by atoms with Crippen molar-refractivity contribution in [3.63, 3.8) is 0 Å². The predicted molar refractivity (Wildman–Crippen MR) is 133 cm³/mol. The van der Waals surface area contributed by atoms with Gasteiger partial charge in [-0.05, 0) is 42.0 Å². The molecule has 0 spiro atoms. The van der Waals surface area contributed by atoms with Crippen molar-refractivity contribution in [3.8, 4) is 0 Å². The highest BCUT2D eigenvalue weighted by Gasteiger charge is 2.66. The third-order valence-electron chi connectivity index (χ3n) is 7.40. The van der Waals surface area contributed by atoms with Crippen molar-refractivity contribution >= 4 is 40.1 Å². The normalized spacial score (nSPS) is 23.8. The van der Waals surface area contributed by atoms with E-state index in [1.165, 1.54) is 17.8 Å². The molecule has 2 fully saturated rings.